The second kappa shape index (κ2) is 7.23. The van der Waals surface area contributed by atoms with Crippen LogP contribution in [0.1, 0.15) is 28.4 Å². The summed E-state index contributed by atoms with van der Waals surface area (Å²) >= 11 is 5.86. The third kappa shape index (κ3) is 3.82. The molecule has 0 radical (unpaired) electrons. The van der Waals surface area contributed by atoms with Gasteiger partial charge in [0.15, 0.2) is 6.10 Å². The van der Waals surface area contributed by atoms with E-state index < -0.39 is 17.9 Å². The normalized spacial score (nSPS) is 14.6. The molecule has 130 valence electrons. The van der Waals surface area contributed by atoms with E-state index in [2.05, 4.69) is 6.07 Å². The van der Waals surface area contributed by atoms with E-state index in [1.54, 1.807) is 4.90 Å². The van der Waals surface area contributed by atoms with Gasteiger partial charge in [0.2, 0.25) is 0 Å². The second-order valence-corrected chi connectivity index (χ2v) is 6.36. The number of carbonyl (C=O) groups excluding carboxylic acids is 2. The van der Waals surface area contributed by atoms with E-state index in [0.29, 0.717) is 13.1 Å². The van der Waals surface area contributed by atoms with Gasteiger partial charge in [-0.15, -0.1) is 0 Å². The summed E-state index contributed by atoms with van der Waals surface area (Å²) < 4.78 is 18.3. The van der Waals surface area contributed by atoms with Crippen molar-refractivity contribution in [3.8, 4) is 0 Å². The highest BCUT2D eigenvalue weighted by Crippen LogP contribution is 2.21. The number of amides is 1. The molecule has 1 aliphatic rings. The Morgan fingerprint density at radius 1 is 1.20 bits per heavy atom. The van der Waals surface area contributed by atoms with Crippen molar-refractivity contribution >= 4 is 23.5 Å². The minimum absolute atomic E-state index is 0.0340. The van der Waals surface area contributed by atoms with Crippen molar-refractivity contribution in [1.82, 2.24) is 4.90 Å². The first-order valence-electron chi connectivity index (χ1n) is 7.97. The number of hydrogen-bond donors (Lipinski definition) is 0. The molecule has 0 saturated heterocycles. The molecule has 25 heavy (non-hydrogen) atoms. The molecule has 0 bridgehead atoms. The fraction of sp³-hybridized carbons (Fsp3) is 0.263. The molecular weight excluding hydrogens is 345 g/mol. The van der Waals surface area contributed by atoms with Crippen molar-refractivity contribution in [2.45, 2.75) is 26.0 Å². The maximum absolute atomic E-state index is 13.1. The standard InChI is InChI=1S/C19H17ClFNO3/c1-12(25-19(24)16-7-6-15(21)10-17(16)20)18(23)22-9-8-13-4-2-3-5-14(13)11-22/h2-7,10,12H,8-9,11H2,1H3/t12-/m0/s1. The van der Waals surface area contributed by atoms with Gasteiger partial charge in [0.05, 0.1) is 10.6 Å². The van der Waals surface area contributed by atoms with Gasteiger partial charge in [-0.05, 0) is 42.7 Å². The van der Waals surface area contributed by atoms with Gasteiger partial charge < -0.3 is 9.64 Å². The van der Waals surface area contributed by atoms with Crippen LogP contribution in [0.25, 0.3) is 0 Å². The van der Waals surface area contributed by atoms with Gasteiger partial charge in [-0.3, -0.25) is 4.79 Å². The van der Waals surface area contributed by atoms with Crippen LogP contribution in [-0.2, 0) is 22.5 Å². The quantitative estimate of drug-likeness (QED) is 0.785. The number of carbonyl (C=O) groups is 2. The number of hydrogen-bond acceptors (Lipinski definition) is 3. The molecule has 4 nitrogen and oxygen atoms in total. The molecule has 0 unspecified atom stereocenters. The maximum atomic E-state index is 13.1. The van der Waals surface area contributed by atoms with Crippen molar-refractivity contribution in [2.24, 2.45) is 0 Å². The van der Waals surface area contributed by atoms with E-state index in [4.69, 9.17) is 16.3 Å². The monoisotopic (exact) mass is 361 g/mol. The molecule has 2 aromatic carbocycles. The average Bonchev–Trinajstić information content (AvgIpc) is 2.60. The molecular formula is C19H17ClFNO3. The lowest BCUT2D eigenvalue weighted by atomic mass is 9.99. The van der Waals surface area contributed by atoms with Gasteiger partial charge in [-0.25, -0.2) is 9.18 Å². The molecule has 0 aliphatic carbocycles. The van der Waals surface area contributed by atoms with Gasteiger partial charge in [-0.2, -0.15) is 0 Å². The Balaban J connectivity index is 1.66. The summed E-state index contributed by atoms with van der Waals surface area (Å²) in [7, 11) is 0. The molecule has 0 fully saturated rings. The molecule has 6 heteroatoms. The Hall–Kier alpha value is -2.40. The van der Waals surface area contributed by atoms with Crippen LogP contribution in [0.15, 0.2) is 42.5 Å². The lowest BCUT2D eigenvalue weighted by Gasteiger charge is -2.30. The van der Waals surface area contributed by atoms with Gasteiger partial charge in [0, 0.05) is 13.1 Å². The van der Waals surface area contributed by atoms with Crippen LogP contribution in [0.2, 0.25) is 5.02 Å². The van der Waals surface area contributed by atoms with Crippen LogP contribution >= 0.6 is 11.6 Å². The van der Waals surface area contributed by atoms with Gasteiger partial charge in [0.1, 0.15) is 5.82 Å². The predicted octanol–water partition coefficient (Wildman–Crippen LogP) is 3.61. The lowest BCUT2D eigenvalue weighted by Crippen LogP contribution is -2.42. The van der Waals surface area contributed by atoms with E-state index in [-0.39, 0.29) is 16.5 Å². The average molecular weight is 362 g/mol. The van der Waals surface area contributed by atoms with Crippen molar-refractivity contribution < 1.29 is 18.7 Å². The lowest BCUT2D eigenvalue weighted by molar-refractivity contribution is -0.140. The van der Waals surface area contributed by atoms with Crippen molar-refractivity contribution in [1.29, 1.82) is 0 Å². The maximum Gasteiger partial charge on any atom is 0.340 e. The highest BCUT2D eigenvalue weighted by Gasteiger charge is 2.27. The number of ether oxygens (including phenoxy) is 1. The Kier molecular flexibility index (Phi) is 5.04. The number of nitrogens with zero attached hydrogens (tertiary/aromatic N) is 1. The summed E-state index contributed by atoms with van der Waals surface area (Å²) in [6.45, 7) is 2.60. The summed E-state index contributed by atoms with van der Waals surface area (Å²) in [5, 5.41) is -0.0449. The SMILES string of the molecule is C[C@H](OC(=O)c1ccc(F)cc1Cl)C(=O)N1CCc2ccccc2C1. The third-order valence-electron chi connectivity index (χ3n) is 4.22. The Labute approximate surface area is 150 Å². The summed E-state index contributed by atoms with van der Waals surface area (Å²) in [5.41, 5.74) is 2.36. The van der Waals surface area contributed by atoms with Crippen LogP contribution in [-0.4, -0.2) is 29.4 Å². The smallest absolute Gasteiger partial charge is 0.340 e. The van der Waals surface area contributed by atoms with Crippen molar-refractivity contribution in [3.05, 3.63) is 70.0 Å². The molecule has 2 aromatic rings. The van der Waals surface area contributed by atoms with Crippen LogP contribution in [0.3, 0.4) is 0 Å². The molecule has 1 atom stereocenters. The number of fused-ring (bicyclic) bond motifs is 1. The van der Waals surface area contributed by atoms with Crippen LogP contribution in [0.4, 0.5) is 4.39 Å². The number of halogens is 2. The van der Waals surface area contributed by atoms with Crippen molar-refractivity contribution in [2.75, 3.05) is 6.54 Å². The van der Waals surface area contributed by atoms with E-state index >= 15 is 0 Å². The van der Waals surface area contributed by atoms with Gasteiger partial charge >= 0.3 is 5.97 Å². The number of rotatable bonds is 3. The predicted molar refractivity (Wildman–Crippen MR) is 91.9 cm³/mol. The van der Waals surface area contributed by atoms with Crippen LogP contribution < -0.4 is 0 Å². The van der Waals surface area contributed by atoms with Gasteiger partial charge in [-0.1, -0.05) is 35.9 Å². The van der Waals surface area contributed by atoms with E-state index in [9.17, 15) is 14.0 Å². The Morgan fingerprint density at radius 3 is 2.64 bits per heavy atom. The Bertz CT molecular complexity index is 824. The molecule has 0 spiro atoms. The second-order valence-electron chi connectivity index (χ2n) is 5.95. The van der Waals surface area contributed by atoms with Crippen molar-refractivity contribution in [3.63, 3.8) is 0 Å². The van der Waals surface area contributed by atoms with E-state index in [1.165, 1.54) is 18.6 Å². The molecule has 1 amide bonds. The summed E-state index contributed by atoms with van der Waals surface area (Å²) in [4.78, 5) is 26.4. The minimum atomic E-state index is -0.945. The zero-order valence-corrected chi connectivity index (χ0v) is 14.4. The summed E-state index contributed by atoms with van der Waals surface area (Å²) in [5.74, 6) is -1.55. The topological polar surface area (TPSA) is 46.6 Å². The number of esters is 1. The third-order valence-corrected chi connectivity index (χ3v) is 4.54. The molecule has 3 rings (SSSR count). The largest absolute Gasteiger partial charge is 0.449 e. The fourth-order valence-electron chi connectivity index (χ4n) is 2.87. The van der Waals surface area contributed by atoms with E-state index in [1.807, 2.05) is 18.2 Å². The number of benzene rings is 2. The zero-order chi connectivity index (χ0) is 18.0. The van der Waals surface area contributed by atoms with Crippen LogP contribution in [0, 0.1) is 5.82 Å². The first kappa shape index (κ1) is 17.4. The highest BCUT2D eigenvalue weighted by atomic mass is 35.5. The highest BCUT2D eigenvalue weighted by molar-refractivity contribution is 6.33. The first-order chi connectivity index (χ1) is 12.0. The van der Waals surface area contributed by atoms with E-state index in [0.717, 1.165) is 24.1 Å². The molecule has 1 aliphatic heterocycles. The minimum Gasteiger partial charge on any atom is -0.449 e. The molecule has 0 aromatic heterocycles. The van der Waals surface area contributed by atoms with Crippen LogP contribution in [0.5, 0.6) is 0 Å². The van der Waals surface area contributed by atoms with Gasteiger partial charge in [0.25, 0.3) is 5.91 Å². The molecule has 1 heterocycles. The zero-order valence-electron chi connectivity index (χ0n) is 13.7. The molecule has 0 saturated carbocycles. The Morgan fingerprint density at radius 2 is 1.92 bits per heavy atom. The summed E-state index contributed by atoms with van der Waals surface area (Å²) in [6.07, 6.45) is -0.175. The fourth-order valence-corrected chi connectivity index (χ4v) is 3.11. The first-order valence-corrected chi connectivity index (χ1v) is 8.35. The summed E-state index contributed by atoms with van der Waals surface area (Å²) in [6, 6.07) is 11.4. The molecule has 0 N–H and O–H groups in total.